The van der Waals surface area contributed by atoms with Gasteiger partial charge in [-0.1, -0.05) is 60.7 Å². The summed E-state index contributed by atoms with van der Waals surface area (Å²) in [6.07, 6.45) is 6.13. The van der Waals surface area contributed by atoms with Gasteiger partial charge in [-0.25, -0.2) is 4.79 Å². The van der Waals surface area contributed by atoms with E-state index in [0.29, 0.717) is 6.54 Å². The summed E-state index contributed by atoms with van der Waals surface area (Å²) in [5.41, 5.74) is 9.51. The lowest BCUT2D eigenvalue weighted by atomic mass is 10.1. The summed E-state index contributed by atoms with van der Waals surface area (Å²) < 4.78 is 31.7. The minimum Gasteiger partial charge on any atom is -0.475 e. The van der Waals surface area contributed by atoms with Crippen LogP contribution >= 0.6 is 0 Å². The Bertz CT molecular complexity index is 1800. The summed E-state index contributed by atoms with van der Waals surface area (Å²) in [5.74, 6) is -2.77. The van der Waals surface area contributed by atoms with E-state index >= 15 is 0 Å². The maximum atomic E-state index is 12.2. The van der Waals surface area contributed by atoms with Crippen LogP contribution in [0.15, 0.2) is 103 Å². The third kappa shape index (κ3) is 11.4. The van der Waals surface area contributed by atoms with Crippen molar-refractivity contribution in [3.05, 3.63) is 131 Å². The van der Waals surface area contributed by atoms with Crippen LogP contribution < -0.4 is 5.32 Å². The summed E-state index contributed by atoms with van der Waals surface area (Å²) in [6.45, 7) is 3.99. The number of aromatic nitrogens is 3. The Labute approximate surface area is 295 Å². The van der Waals surface area contributed by atoms with Gasteiger partial charge in [0.2, 0.25) is 0 Å². The van der Waals surface area contributed by atoms with Crippen molar-refractivity contribution in [1.82, 2.24) is 25.2 Å². The second-order valence-electron chi connectivity index (χ2n) is 12.5. The average molecular weight is 698 g/mol. The minimum atomic E-state index is -5.08. The molecule has 0 atom stereocenters. The predicted molar refractivity (Wildman–Crippen MR) is 191 cm³/mol. The Morgan fingerprint density at radius 2 is 1.39 bits per heavy atom. The van der Waals surface area contributed by atoms with E-state index in [4.69, 9.17) is 14.9 Å². The molecule has 1 aliphatic rings. The highest BCUT2D eigenvalue weighted by Gasteiger charge is 2.38. The Kier molecular flexibility index (Phi) is 13.1. The number of aryl methyl sites for hydroxylation is 3. The van der Waals surface area contributed by atoms with E-state index in [1.165, 1.54) is 24.0 Å². The van der Waals surface area contributed by atoms with Gasteiger partial charge in [-0.2, -0.15) is 13.2 Å². The first-order valence-corrected chi connectivity index (χ1v) is 17.2. The topological polar surface area (TPSA) is 111 Å². The van der Waals surface area contributed by atoms with Crippen LogP contribution in [0.3, 0.4) is 0 Å². The first kappa shape index (κ1) is 37.0. The molecule has 8 nitrogen and oxygen atoms in total. The first-order chi connectivity index (χ1) is 24.7. The van der Waals surface area contributed by atoms with Gasteiger partial charge in [-0.05, 0) is 99.6 Å². The molecule has 3 N–H and O–H groups in total. The fraction of sp³-hybridized carbons (Fsp3) is 0.300. The average Bonchev–Trinajstić information content (AvgIpc) is 3.59. The van der Waals surface area contributed by atoms with E-state index in [9.17, 15) is 18.0 Å². The number of fused-ring (bicyclic) bond motifs is 1. The van der Waals surface area contributed by atoms with Gasteiger partial charge in [0.1, 0.15) is 0 Å². The SMILES string of the molecule is O=C(O)C(F)(F)F.O=C1NCCc2[nH]c(-c3ccnc(-c4ccc(CCCN(CCCc5ccccc5)CCCc5ccccc5)nc4)c3)cc21. The molecule has 0 aliphatic carbocycles. The van der Waals surface area contributed by atoms with E-state index in [2.05, 4.69) is 99.0 Å². The van der Waals surface area contributed by atoms with Crippen LogP contribution in [0.25, 0.3) is 22.5 Å². The van der Waals surface area contributed by atoms with E-state index in [1.54, 1.807) is 0 Å². The van der Waals surface area contributed by atoms with Gasteiger partial charge in [0.25, 0.3) is 5.91 Å². The molecule has 0 spiro atoms. The number of carbonyl (C=O) groups excluding carboxylic acids is 1. The lowest BCUT2D eigenvalue weighted by molar-refractivity contribution is -0.192. The molecular formula is C40H42F3N5O3. The summed E-state index contributed by atoms with van der Waals surface area (Å²) in [4.78, 5) is 36.6. The number of alkyl halides is 3. The molecule has 0 radical (unpaired) electrons. The van der Waals surface area contributed by atoms with Crippen molar-refractivity contribution >= 4 is 11.9 Å². The Hall–Kier alpha value is -5.29. The lowest BCUT2D eigenvalue weighted by Crippen LogP contribution is -2.31. The number of pyridine rings is 2. The van der Waals surface area contributed by atoms with Gasteiger partial charge in [0, 0.05) is 53.6 Å². The van der Waals surface area contributed by atoms with E-state index in [-0.39, 0.29) is 5.91 Å². The van der Waals surface area contributed by atoms with Crippen molar-refractivity contribution in [3.8, 4) is 22.5 Å². The number of halogens is 3. The number of nitrogens with one attached hydrogen (secondary N) is 2. The molecule has 5 aromatic rings. The smallest absolute Gasteiger partial charge is 0.475 e. The molecule has 11 heteroatoms. The van der Waals surface area contributed by atoms with Crippen LogP contribution in [0, 0.1) is 0 Å². The Morgan fingerprint density at radius 1 is 0.784 bits per heavy atom. The molecule has 0 bridgehead atoms. The van der Waals surface area contributed by atoms with Crippen LogP contribution in [0.5, 0.6) is 0 Å². The highest BCUT2D eigenvalue weighted by molar-refractivity contribution is 5.97. The summed E-state index contributed by atoms with van der Waals surface area (Å²) in [6, 6.07) is 31.9. The number of H-pyrrole nitrogens is 1. The van der Waals surface area contributed by atoms with Crippen LogP contribution in [0.1, 0.15) is 52.1 Å². The van der Waals surface area contributed by atoms with Crippen molar-refractivity contribution in [3.63, 3.8) is 0 Å². The maximum Gasteiger partial charge on any atom is 0.490 e. The summed E-state index contributed by atoms with van der Waals surface area (Å²) in [7, 11) is 0. The van der Waals surface area contributed by atoms with Gasteiger partial charge in [-0.15, -0.1) is 0 Å². The highest BCUT2D eigenvalue weighted by Crippen LogP contribution is 2.27. The molecule has 3 aromatic heterocycles. The Balaban J connectivity index is 0.000000654. The second-order valence-corrected chi connectivity index (χ2v) is 12.5. The van der Waals surface area contributed by atoms with Crippen molar-refractivity contribution in [2.75, 3.05) is 26.2 Å². The van der Waals surface area contributed by atoms with Crippen LogP contribution in [-0.2, 0) is 30.5 Å². The number of carboxylic acid groups (broad SMARTS) is 1. The van der Waals surface area contributed by atoms with Crippen LogP contribution in [-0.4, -0.2) is 69.2 Å². The van der Waals surface area contributed by atoms with Gasteiger partial charge >= 0.3 is 12.1 Å². The molecule has 0 saturated heterocycles. The van der Waals surface area contributed by atoms with Gasteiger partial charge in [-0.3, -0.25) is 14.8 Å². The molecular weight excluding hydrogens is 655 g/mol. The summed E-state index contributed by atoms with van der Waals surface area (Å²) in [5, 5.41) is 10.0. The molecule has 0 saturated carbocycles. The van der Waals surface area contributed by atoms with Crippen LogP contribution in [0.4, 0.5) is 13.2 Å². The maximum absolute atomic E-state index is 12.2. The molecule has 1 amide bonds. The van der Waals surface area contributed by atoms with E-state index < -0.39 is 12.1 Å². The fourth-order valence-electron chi connectivity index (χ4n) is 6.05. The molecule has 4 heterocycles. The number of benzene rings is 2. The van der Waals surface area contributed by atoms with Gasteiger partial charge < -0.3 is 20.3 Å². The number of nitrogens with zero attached hydrogens (tertiary/aromatic N) is 3. The number of rotatable bonds is 14. The number of hydrogen-bond donors (Lipinski definition) is 3. The molecule has 0 fully saturated rings. The number of carbonyl (C=O) groups is 2. The molecule has 51 heavy (non-hydrogen) atoms. The number of carboxylic acids is 1. The standard InChI is InChI=1S/C38H41N5O.C2HF3O2/c44-38-34-27-37(42-35(34)20-22-40-38)31-19-21-39-36(26-31)32-17-18-33(41-28-32)16-9-25-43(23-7-14-29-10-3-1-4-11-29)24-8-15-30-12-5-2-6-13-30;3-2(4,5)1(6)7/h1-6,10-13,17-19,21,26-28,42H,7-9,14-16,20,22-25H2,(H,40,44);(H,6,7). The third-order valence-electron chi connectivity index (χ3n) is 8.71. The number of aliphatic carboxylic acids is 1. The largest absolute Gasteiger partial charge is 0.490 e. The summed E-state index contributed by atoms with van der Waals surface area (Å²) >= 11 is 0. The molecule has 6 rings (SSSR count). The van der Waals surface area contributed by atoms with Crippen molar-refractivity contribution in [2.24, 2.45) is 0 Å². The minimum absolute atomic E-state index is 0.00897. The van der Waals surface area contributed by atoms with Crippen molar-refractivity contribution in [2.45, 2.75) is 51.1 Å². The second kappa shape index (κ2) is 18.1. The molecule has 266 valence electrons. The third-order valence-corrected chi connectivity index (χ3v) is 8.71. The predicted octanol–water partition coefficient (Wildman–Crippen LogP) is 7.56. The highest BCUT2D eigenvalue weighted by atomic mass is 19.4. The number of aromatic amines is 1. The van der Waals surface area contributed by atoms with Crippen LogP contribution in [0.2, 0.25) is 0 Å². The monoisotopic (exact) mass is 697 g/mol. The van der Waals surface area contributed by atoms with Crippen molar-refractivity contribution < 1.29 is 27.9 Å². The zero-order valence-electron chi connectivity index (χ0n) is 28.3. The number of amides is 1. The zero-order valence-corrected chi connectivity index (χ0v) is 28.3. The normalized spacial score (nSPS) is 12.5. The number of hydrogen-bond acceptors (Lipinski definition) is 5. The van der Waals surface area contributed by atoms with E-state index in [1.807, 2.05) is 24.5 Å². The van der Waals surface area contributed by atoms with Gasteiger partial charge in [0.15, 0.2) is 0 Å². The van der Waals surface area contributed by atoms with Gasteiger partial charge in [0.05, 0.1) is 11.3 Å². The van der Waals surface area contributed by atoms with Crippen molar-refractivity contribution in [1.29, 1.82) is 0 Å². The first-order valence-electron chi connectivity index (χ1n) is 17.2. The van der Waals surface area contributed by atoms with E-state index in [0.717, 1.165) is 91.2 Å². The molecule has 0 unspecified atom stereocenters. The molecule has 2 aromatic carbocycles. The Morgan fingerprint density at radius 3 is 1.94 bits per heavy atom. The fourth-order valence-corrected chi connectivity index (χ4v) is 6.05. The zero-order chi connectivity index (χ0) is 36.1. The lowest BCUT2D eigenvalue weighted by Gasteiger charge is -2.22. The quantitative estimate of drug-likeness (QED) is 0.111. The molecule has 1 aliphatic heterocycles.